The maximum absolute atomic E-state index is 12.3. The second-order valence-corrected chi connectivity index (χ2v) is 6.58. The van der Waals surface area contributed by atoms with Crippen LogP contribution >= 0.6 is 22.9 Å². The van der Waals surface area contributed by atoms with Crippen molar-refractivity contribution in [3.05, 3.63) is 39.7 Å². The van der Waals surface area contributed by atoms with Gasteiger partial charge in [-0.05, 0) is 30.5 Å². The van der Waals surface area contributed by atoms with Crippen molar-refractivity contribution in [2.24, 2.45) is 5.73 Å². The van der Waals surface area contributed by atoms with Gasteiger partial charge in [0.2, 0.25) is 6.79 Å². The highest BCUT2D eigenvalue weighted by molar-refractivity contribution is 7.14. The van der Waals surface area contributed by atoms with E-state index in [2.05, 4.69) is 5.32 Å². The molecule has 10 heteroatoms. The van der Waals surface area contributed by atoms with E-state index in [0.717, 1.165) is 11.3 Å². The number of carbonyl (C=O) groups excluding carboxylic acids is 3. The summed E-state index contributed by atoms with van der Waals surface area (Å²) in [6.45, 7) is 1.41. The van der Waals surface area contributed by atoms with Crippen LogP contribution in [0.3, 0.4) is 0 Å². The van der Waals surface area contributed by atoms with Gasteiger partial charge in [-0.15, -0.1) is 11.3 Å². The number of ether oxygens (including phenoxy) is 3. The smallest absolute Gasteiger partial charge is 0.339 e. The quantitative estimate of drug-likeness (QED) is 0.749. The van der Waals surface area contributed by atoms with Crippen molar-refractivity contribution in [2.75, 3.05) is 12.1 Å². The molecule has 0 unspecified atom stereocenters. The van der Waals surface area contributed by atoms with Crippen LogP contribution in [0.5, 0.6) is 11.5 Å². The number of fused-ring (bicyclic) bond motifs is 1. The lowest BCUT2D eigenvalue weighted by Gasteiger charge is -2.13. The highest BCUT2D eigenvalue weighted by atomic mass is 35.5. The van der Waals surface area contributed by atoms with Gasteiger partial charge in [0, 0.05) is 0 Å². The molecule has 1 aromatic carbocycles. The molecular formula is C16H13ClN2O6S. The molecule has 2 amide bonds. The van der Waals surface area contributed by atoms with E-state index in [4.69, 9.17) is 31.5 Å². The van der Waals surface area contributed by atoms with E-state index in [9.17, 15) is 14.4 Å². The van der Waals surface area contributed by atoms with Gasteiger partial charge in [0.15, 0.2) is 17.6 Å². The Morgan fingerprint density at radius 2 is 2.12 bits per heavy atom. The van der Waals surface area contributed by atoms with Crippen molar-refractivity contribution in [3.63, 3.8) is 0 Å². The van der Waals surface area contributed by atoms with Gasteiger partial charge in [0.25, 0.3) is 11.8 Å². The molecule has 0 spiro atoms. The number of halogens is 1. The molecule has 0 saturated carbocycles. The number of thiophene rings is 1. The number of amides is 2. The Labute approximate surface area is 156 Å². The summed E-state index contributed by atoms with van der Waals surface area (Å²) < 4.78 is 15.5. The largest absolute Gasteiger partial charge is 0.454 e. The molecule has 8 nitrogen and oxygen atoms in total. The third-order valence-corrected chi connectivity index (χ3v) is 4.59. The lowest BCUT2D eigenvalue weighted by Crippen LogP contribution is -2.30. The van der Waals surface area contributed by atoms with Crippen LogP contribution in [0.2, 0.25) is 5.02 Å². The van der Waals surface area contributed by atoms with Crippen molar-refractivity contribution in [1.29, 1.82) is 0 Å². The minimum absolute atomic E-state index is 0.00930. The molecule has 1 aromatic heterocycles. The number of esters is 1. The zero-order valence-corrected chi connectivity index (χ0v) is 15.0. The van der Waals surface area contributed by atoms with E-state index in [0.29, 0.717) is 11.5 Å². The summed E-state index contributed by atoms with van der Waals surface area (Å²) in [4.78, 5) is 35.7. The van der Waals surface area contributed by atoms with E-state index in [-0.39, 0.29) is 27.9 Å². The minimum Gasteiger partial charge on any atom is -0.454 e. The van der Waals surface area contributed by atoms with E-state index in [1.165, 1.54) is 25.1 Å². The van der Waals surface area contributed by atoms with E-state index >= 15 is 0 Å². The molecule has 1 atom stereocenters. The number of benzene rings is 1. The van der Waals surface area contributed by atoms with Gasteiger partial charge >= 0.3 is 5.97 Å². The second-order valence-electron chi connectivity index (χ2n) is 5.26. The van der Waals surface area contributed by atoms with Crippen molar-refractivity contribution >= 4 is 45.7 Å². The molecule has 2 heterocycles. The normalized spacial score (nSPS) is 13.2. The zero-order chi connectivity index (χ0) is 18.8. The SMILES string of the molecule is C[C@H](OC(=O)c1cc(Cl)c2c(c1)OCO2)C(=O)Nc1sccc1C(N)=O. The molecule has 3 N–H and O–H groups in total. The lowest BCUT2D eigenvalue weighted by atomic mass is 10.2. The number of hydrogen-bond donors (Lipinski definition) is 2. The van der Waals surface area contributed by atoms with E-state index in [1.807, 2.05) is 0 Å². The predicted octanol–water partition coefficient (Wildman–Crippen LogP) is 2.41. The van der Waals surface area contributed by atoms with Crippen molar-refractivity contribution in [2.45, 2.75) is 13.0 Å². The number of carbonyl (C=O) groups is 3. The number of nitrogens with two attached hydrogens (primary N) is 1. The Balaban J connectivity index is 1.67. The van der Waals surface area contributed by atoms with Gasteiger partial charge in [-0.2, -0.15) is 0 Å². The molecule has 26 heavy (non-hydrogen) atoms. The Morgan fingerprint density at radius 1 is 1.35 bits per heavy atom. The number of rotatable bonds is 5. The summed E-state index contributed by atoms with van der Waals surface area (Å²) in [5, 5.41) is 4.62. The Morgan fingerprint density at radius 3 is 2.85 bits per heavy atom. The zero-order valence-electron chi connectivity index (χ0n) is 13.4. The maximum Gasteiger partial charge on any atom is 0.339 e. The number of anilines is 1. The summed E-state index contributed by atoms with van der Waals surface area (Å²) in [5.41, 5.74) is 5.53. The highest BCUT2D eigenvalue weighted by Crippen LogP contribution is 2.40. The molecule has 2 aromatic rings. The molecule has 136 valence electrons. The van der Waals surface area contributed by atoms with Gasteiger partial charge in [-0.25, -0.2) is 4.79 Å². The Bertz CT molecular complexity index is 897. The predicted molar refractivity (Wildman–Crippen MR) is 93.9 cm³/mol. The van der Waals surface area contributed by atoms with Crippen LogP contribution in [0.4, 0.5) is 5.00 Å². The van der Waals surface area contributed by atoms with Gasteiger partial charge in [-0.3, -0.25) is 9.59 Å². The summed E-state index contributed by atoms with van der Waals surface area (Å²) in [6.07, 6.45) is -1.12. The molecule has 1 aliphatic rings. The molecule has 0 bridgehead atoms. The molecule has 3 rings (SSSR count). The van der Waals surface area contributed by atoms with Gasteiger partial charge in [0.05, 0.1) is 16.1 Å². The number of hydrogen-bond acceptors (Lipinski definition) is 7. The van der Waals surface area contributed by atoms with E-state index < -0.39 is 23.9 Å². The molecule has 0 aliphatic carbocycles. The van der Waals surface area contributed by atoms with Crippen molar-refractivity contribution in [1.82, 2.24) is 0 Å². The summed E-state index contributed by atoms with van der Waals surface area (Å²) >= 11 is 7.16. The van der Waals surface area contributed by atoms with Crippen molar-refractivity contribution < 1.29 is 28.6 Å². The first kappa shape index (κ1) is 18.0. The second kappa shape index (κ2) is 7.22. The molecular weight excluding hydrogens is 384 g/mol. The molecule has 0 fully saturated rings. The average molecular weight is 397 g/mol. The Hall–Kier alpha value is -2.78. The fourth-order valence-electron chi connectivity index (χ4n) is 2.18. The van der Waals surface area contributed by atoms with Crippen LogP contribution < -0.4 is 20.5 Å². The fraction of sp³-hybridized carbons (Fsp3) is 0.188. The first-order chi connectivity index (χ1) is 12.4. The van der Waals surface area contributed by atoms with Crippen LogP contribution in [0, 0.1) is 0 Å². The summed E-state index contributed by atoms with van der Waals surface area (Å²) in [5.74, 6) is -1.34. The minimum atomic E-state index is -1.12. The third kappa shape index (κ3) is 3.58. The van der Waals surface area contributed by atoms with Crippen LogP contribution in [0.1, 0.15) is 27.6 Å². The maximum atomic E-state index is 12.3. The van der Waals surface area contributed by atoms with Crippen molar-refractivity contribution in [3.8, 4) is 11.5 Å². The lowest BCUT2D eigenvalue weighted by molar-refractivity contribution is -0.123. The first-order valence-electron chi connectivity index (χ1n) is 7.35. The van der Waals surface area contributed by atoms with Gasteiger partial charge in [0.1, 0.15) is 5.00 Å². The molecule has 1 aliphatic heterocycles. The summed E-state index contributed by atoms with van der Waals surface area (Å²) in [6, 6.07) is 4.28. The standard InChI is InChI=1S/C16H13ClN2O6S/c1-7(14(21)19-15-9(13(18)20)2-3-26-15)25-16(22)8-4-10(17)12-11(5-8)23-6-24-12/h2-5,7H,6H2,1H3,(H2,18,20)(H,19,21)/t7-/m0/s1. The summed E-state index contributed by atoms with van der Waals surface area (Å²) in [7, 11) is 0. The topological polar surface area (TPSA) is 117 Å². The van der Waals surface area contributed by atoms with E-state index in [1.54, 1.807) is 5.38 Å². The van der Waals surface area contributed by atoms with Crippen LogP contribution in [-0.4, -0.2) is 30.7 Å². The van der Waals surface area contributed by atoms with Gasteiger partial charge in [-0.1, -0.05) is 11.6 Å². The van der Waals surface area contributed by atoms with Crippen LogP contribution in [-0.2, 0) is 9.53 Å². The fourth-order valence-corrected chi connectivity index (χ4v) is 3.24. The average Bonchev–Trinajstić information content (AvgIpc) is 3.23. The molecule has 0 radical (unpaired) electrons. The highest BCUT2D eigenvalue weighted by Gasteiger charge is 2.25. The van der Waals surface area contributed by atoms with Gasteiger partial charge < -0.3 is 25.3 Å². The Kier molecular flexibility index (Phi) is 5.01. The number of primary amides is 1. The number of nitrogens with one attached hydrogen (secondary N) is 1. The third-order valence-electron chi connectivity index (χ3n) is 3.48. The van der Waals surface area contributed by atoms with Crippen LogP contribution in [0.25, 0.3) is 0 Å². The monoisotopic (exact) mass is 396 g/mol. The molecule has 0 saturated heterocycles. The first-order valence-corrected chi connectivity index (χ1v) is 8.61. The van der Waals surface area contributed by atoms with Crippen LogP contribution in [0.15, 0.2) is 23.6 Å².